The van der Waals surface area contributed by atoms with Gasteiger partial charge >= 0.3 is 0 Å². The molecular weight excluding hydrogens is 402 g/mol. The number of rotatable bonds is 4. The number of piperidine rings is 1. The summed E-state index contributed by atoms with van der Waals surface area (Å²) in [6, 6.07) is 3.95. The maximum absolute atomic E-state index is 13.2. The van der Waals surface area contributed by atoms with Crippen molar-refractivity contribution >= 4 is 39.0 Å². The number of hydrogen-bond acceptors (Lipinski definition) is 5. The molecule has 2 aliphatic rings. The van der Waals surface area contributed by atoms with Gasteiger partial charge in [0, 0.05) is 42.2 Å². The molecule has 0 aliphatic carbocycles. The zero-order valence-electron chi connectivity index (χ0n) is 15.2. The van der Waals surface area contributed by atoms with Crippen LogP contribution in [0.5, 0.6) is 0 Å². The molecule has 0 aromatic carbocycles. The average molecular weight is 426 g/mol. The highest BCUT2D eigenvalue weighted by atomic mass is 32.2. The third-order valence-corrected chi connectivity index (χ3v) is 8.84. The van der Waals surface area contributed by atoms with Gasteiger partial charge in [-0.15, -0.1) is 11.3 Å². The summed E-state index contributed by atoms with van der Waals surface area (Å²) < 4.78 is 26.9. The highest BCUT2D eigenvalue weighted by Gasteiger charge is 2.30. The van der Waals surface area contributed by atoms with Gasteiger partial charge in [0.2, 0.25) is 10.0 Å². The summed E-state index contributed by atoms with van der Waals surface area (Å²) in [6.07, 6.45) is 7.43. The lowest BCUT2D eigenvalue weighted by atomic mass is 10.0. The van der Waals surface area contributed by atoms with Crippen LogP contribution in [0.15, 0.2) is 24.5 Å². The van der Waals surface area contributed by atoms with E-state index in [1.807, 2.05) is 40.9 Å². The molecule has 1 amide bonds. The first-order valence-corrected chi connectivity index (χ1v) is 12.9. The smallest absolute Gasteiger partial charge is 0.254 e. The Morgan fingerprint density at radius 3 is 2.59 bits per heavy atom. The third-order valence-electron chi connectivity index (χ3n) is 5.13. The van der Waals surface area contributed by atoms with Gasteiger partial charge in [0.1, 0.15) is 5.00 Å². The fraction of sp³-hybridized carbons (Fsp3) is 0.500. The van der Waals surface area contributed by atoms with Crippen LogP contribution in [0.2, 0.25) is 0 Å². The van der Waals surface area contributed by atoms with Crippen LogP contribution < -0.4 is 5.32 Å². The van der Waals surface area contributed by atoms with E-state index in [0.29, 0.717) is 25.9 Å². The minimum Gasteiger partial charge on any atom is -0.349 e. The Bertz CT molecular complexity index is 927. The molecule has 4 heterocycles. The van der Waals surface area contributed by atoms with Crippen LogP contribution in [0, 0.1) is 0 Å². The normalized spacial score (nSPS) is 19.0. The third kappa shape index (κ3) is 3.96. The first kappa shape index (κ1) is 19.0. The fourth-order valence-electron chi connectivity index (χ4n) is 3.69. The van der Waals surface area contributed by atoms with Crippen LogP contribution >= 0.6 is 23.1 Å². The Kier molecular flexibility index (Phi) is 5.37. The van der Waals surface area contributed by atoms with Crippen molar-refractivity contribution in [2.75, 3.05) is 25.1 Å². The van der Waals surface area contributed by atoms with Gasteiger partial charge in [-0.3, -0.25) is 4.79 Å². The van der Waals surface area contributed by atoms with E-state index in [9.17, 15) is 13.2 Å². The molecule has 0 bridgehead atoms. The molecule has 0 saturated carbocycles. The number of amides is 1. The Balaban J connectivity index is 1.55. The lowest BCUT2D eigenvalue weighted by Crippen LogP contribution is -2.46. The molecular formula is C18H23N3O3S3. The number of thioether (sulfide) groups is 1. The minimum absolute atomic E-state index is 0.0153. The van der Waals surface area contributed by atoms with Gasteiger partial charge in [-0.05, 0) is 42.7 Å². The van der Waals surface area contributed by atoms with Gasteiger partial charge in [-0.2, -0.15) is 11.8 Å². The van der Waals surface area contributed by atoms with Gasteiger partial charge in [-0.25, -0.2) is 12.7 Å². The summed E-state index contributed by atoms with van der Waals surface area (Å²) in [7, 11) is -3.15. The lowest BCUT2D eigenvalue weighted by Gasteiger charge is -2.30. The van der Waals surface area contributed by atoms with Crippen molar-refractivity contribution in [2.45, 2.75) is 31.1 Å². The molecule has 1 fully saturated rings. The number of thiophene rings is 1. The SMILES string of the molecule is CS(=O)(=O)N1CCC(NC(=O)c2c(-n3cccc3)sc3c2CCSC3)CC1. The van der Waals surface area contributed by atoms with Crippen molar-refractivity contribution in [2.24, 2.45) is 0 Å². The van der Waals surface area contributed by atoms with Crippen LogP contribution in [0.25, 0.3) is 5.00 Å². The van der Waals surface area contributed by atoms with Crippen LogP contribution in [-0.2, 0) is 22.2 Å². The van der Waals surface area contributed by atoms with Crippen molar-refractivity contribution < 1.29 is 13.2 Å². The van der Waals surface area contributed by atoms with Crippen molar-refractivity contribution in [3.8, 4) is 5.00 Å². The van der Waals surface area contributed by atoms with E-state index in [1.54, 1.807) is 11.3 Å². The highest BCUT2D eigenvalue weighted by molar-refractivity contribution is 7.98. The highest BCUT2D eigenvalue weighted by Crippen LogP contribution is 2.38. The first-order valence-electron chi connectivity index (χ1n) is 9.05. The topological polar surface area (TPSA) is 71.4 Å². The molecule has 2 aliphatic heterocycles. The molecule has 4 rings (SSSR count). The summed E-state index contributed by atoms with van der Waals surface area (Å²) in [6.45, 7) is 0.930. The number of sulfonamides is 1. The molecule has 6 nitrogen and oxygen atoms in total. The van der Waals surface area contributed by atoms with Crippen LogP contribution in [-0.4, -0.2) is 54.3 Å². The number of hydrogen-bond donors (Lipinski definition) is 1. The van der Waals surface area contributed by atoms with E-state index in [2.05, 4.69) is 5.32 Å². The average Bonchev–Trinajstić information content (AvgIpc) is 3.28. The molecule has 1 N–H and O–H groups in total. The van der Waals surface area contributed by atoms with Crippen molar-refractivity contribution in [1.82, 2.24) is 14.2 Å². The molecule has 2 aromatic heterocycles. The van der Waals surface area contributed by atoms with Gasteiger partial charge < -0.3 is 9.88 Å². The summed E-state index contributed by atoms with van der Waals surface area (Å²) in [5.74, 6) is 1.98. The van der Waals surface area contributed by atoms with E-state index in [0.717, 1.165) is 28.5 Å². The second-order valence-corrected chi connectivity index (χ2v) is 11.2. The van der Waals surface area contributed by atoms with Crippen LogP contribution in [0.3, 0.4) is 0 Å². The monoisotopic (exact) mass is 425 g/mol. The molecule has 27 heavy (non-hydrogen) atoms. The standard InChI is InChI=1S/C18H23N3O3S3/c1-27(23,24)21-9-4-13(5-10-21)19-17(22)16-14-6-11-25-12-15(14)26-18(16)20-7-2-3-8-20/h2-3,7-8,13H,4-6,9-12H2,1H3,(H,19,22). The predicted octanol–water partition coefficient (Wildman–Crippen LogP) is 2.48. The Morgan fingerprint density at radius 2 is 1.93 bits per heavy atom. The number of aromatic nitrogens is 1. The number of fused-ring (bicyclic) bond motifs is 1. The predicted molar refractivity (Wildman–Crippen MR) is 110 cm³/mol. The Labute approximate surface area is 168 Å². The minimum atomic E-state index is -3.15. The molecule has 0 spiro atoms. The van der Waals surface area contributed by atoms with Gasteiger partial charge in [0.15, 0.2) is 0 Å². The van der Waals surface area contributed by atoms with E-state index in [4.69, 9.17) is 0 Å². The summed E-state index contributed by atoms with van der Waals surface area (Å²) >= 11 is 3.62. The zero-order valence-corrected chi connectivity index (χ0v) is 17.6. The zero-order chi connectivity index (χ0) is 19.0. The second-order valence-electron chi connectivity index (χ2n) is 6.99. The van der Waals surface area contributed by atoms with Crippen LogP contribution in [0.1, 0.15) is 33.6 Å². The summed E-state index contributed by atoms with van der Waals surface area (Å²) in [5.41, 5.74) is 1.99. The largest absolute Gasteiger partial charge is 0.349 e. The number of carbonyl (C=O) groups is 1. The van der Waals surface area contributed by atoms with Crippen molar-refractivity contribution in [3.63, 3.8) is 0 Å². The molecule has 0 radical (unpaired) electrons. The summed E-state index contributed by atoms with van der Waals surface area (Å²) in [5, 5.41) is 4.16. The van der Waals surface area contributed by atoms with E-state index < -0.39 is 10.0 Å². The molecule has 0 atom stereocenters. The number of nitrogens with one attached hydrogen (secondary N) is 1. The van der Waals surface area contributed by atoms with E-state index in [-0.39, 0.29) is 11.9 Å². The van der Waals surface area contributed by atoms with Gasteiger partial charge in [0.05, 0.1) is 11.8 Å². The van der Waals surface area contributed by atoms with E-state index >= 15 is 0 Å². The van der Waals surface area contributed by atoms with Gasteiger partial charge in [0.25, 0.3) is 5.91 Å². The second kappa shape index (κ2) is 7.62. The Morgan fingerprint density at radius 1 is 1.22 bits per heavy atom. The fourth-order valence-corrected chi connectivity index (χ4v) is 7.01. The number of carbonyl (C=O) groups excluding carboxylic acids is 1. The number of nitrogens with zero attached hydrogens (tertiary/aromatic N) is 2. The lowest BCUT2D eigenvalue weighted by molar-refractivity contribution is 0.0923. The molecule has 9 heteroatoms. The first-order chi connectivity index (χ1) is 12.9. The van der Waals surface area contributed by atoms with Crippen molar-refractivity contribution in [3.05, 3.63) is 40.5 Å². The molecule has 146 valence electrons. The molecule has 2 aromatic rings. The van der Waals surface area contributed by atoms with E-state index in [1.165, 1.54) is 21.0 Å². The maximum atomic E-state index is 13.2. The molecule has 1 saturated heterocycles. The Hall–Kier alpha value is -1.29. The maximum Gasteiger partial charge on any atom is 0.254 e. The van der Waals surface area contributed by atoms with Crippen molar-refractivity contribution in [1.29, 1.82) is 0 Å². The quantitative estimate of drug-likeness (QED) is 0.817. The van der Waals surface area contributed by atoms with Crippen LogP contribution in [0.4, 0.5) is 0 Å². The van der Waals surface area contributed by atoms with Gasteiger partial charge in [-0.1, -0.05) is 0 Å². The summed E-state index contributed by atoms with van der Waals surface area (Å²) in [4.78, 5) is 14.5. The molecule has 0 unspecified atom stereocenters.